The fourth-order valence-electron chi connectivity index (χ4n) is 1.85. The second-order valence-corrected chi connectivity index (χ2v) is 7.15. The third-order valence-electron chi connectivity index (χ3n) is 3.01. The molecule has 0 unspecified atom stereocenters. The first-order valence-corrected chi connectivity index (χ1v) is 8.46. The summed E-state index contributed by atoms with van der Waals surface area (Å²) in [6, 6.07) is 11.7. The average molecular weight is 350 g/mol. The summed E-state index contributed by atoms with van der Waals surface area (Å²) < 4.78 is 24.7. The third kappa shape index (κ3) is 4.25. The number of phenols is 2. The van der Waals surface area contributed by atoms with Gasteiger partial charge in [-0.25, -0.2) is 8.42 Å². The van der Waals surface area contributed by atoms with Crippen LogP contribution in [-0.2, 0) is 15.6 Å². The van der Waals surface area contributed by atoms with Crippen molar-refractivity contribution < 1.29 is 18.6 Å². The maximum atomic E-state index is 12.3. The highest BCUT2D eigenvalue weighted by Gasteiger charge is 2.19. The van der Waals surface area contributed by atoms with E-state index in [1.165, 1.54) is 18.2 Å². The lowest BCUT2D eigenvalue weighted by Crippen LogP contribution is -2.06. The van der Waals surface area contributed by atoms with Crippen LogP contribution in [0.2, 0.25) is 5.02 Å². The summed E-state index contributed by atoms with van der Waals surface area (Å²) in [6.45, 7) is 0. The predicted molar refractivity (Wildman–Crippen MR) is 87.4 cm³/mol. The first kappa shape index (κ1) is 16.9. The molecule has 5 nitrogen and oxygen atoms in total. The van der Waals surface area contributed by atoms with Crippen molar-refractivity contribution in [1.29, 1.82) is 5.26 Å². The minimum Gasteiger partial charge on any atom is -0.504 e. The molecule has 0 amide bonds. The number of allylic oxidation sites excluding steroid dienone is 1. The van der Waals surface area contributed by atoms with E-state index in [-0.39, 0.29) is 17.1 Å². The predicted octanol–water partition coefficient (Wildman–Crippen LogP) is 3.23. The Morgan fingerprint density at radius 2 is 1.78 bits per heavy atom. The van der Waals surface area contributed by atoms with Crippen LogP contribution in [0, 0.1) is 11.3 Å². The van der Waals surface area contributed by atoms with Crippen LogP contribution in [0.5, 0.6) is 11.5 Å². The van der Waals surface area contributed by atoms with Crippen LogP contribution in [0.4, 0.5) is 0 Å². The minimum atomic E-state index is -3.85. The molecule has 0 spiro atoms. The molecule has 0 saturated carbocycles. The monoisotopic (exact) mass is 349 g/mol. The van der Waals surface area contributed by atoms with Crippen LogP contribution in [0.25, 0.3) is 6.08 Å². The fraction of sp³-hybridized carbons (Fsp3) is 0.0625. The van der Waals surface area contributed by atoms with Crippen molar-refractivity contribution >= 4 is 27.5 Å². The Labute approximate surface area is 138 Å². The topological polar surface area (TPSA) is 98.4 Å². The number of phenolic OH excluding ortho intramolecular Hbond substituents is 2. The van der Waals surface area contributed by atoms with E-state index in [9.17, 15) is 18.6 Å². The van der Waals surface area contributed by atoms with Gasteiger partial charge in [0.2, 0.25) is 0 Å². The van der Waals surface area contributed by atoms with E-state index < -0.39 is 20.5 Å². The van der Waals surface area contributed by atoms with Crippen molar-refractivity contribution in [3.05, 3.63) is 63.5 Å². The van der Waals surface area contributed by atoms with Gasteiger partial charge in [0.25, 0.3) is 0 Å². The molecule has 0 saturated heterocycles. The number of aromatic hydroxyl groups is 2. The minimum absolute atomic E-state index is 0.288. The van der Waals surface area contributed by atoms with Crippen molar-refractivity contribution in [3.8, 4) is 17.6 Å². The largest absolute Gasteiger partial charge is 0.504 e. The van der Waals surface area contributed by atoms with Gasteiger partial charge in [0.15, 0.2) is 21.3 Å². The number of hydrogen-bond acceptors (Lipinski definition) is 5. The zero-order valence-electron chi connectivity index (χ0n) is 11.8. The summed E-state index contributed by atoms with van der Waals surface area (Å²) in [5.74, 6) is -1.07. The van der Waals surface area contributed by atoms with Gasteiger partial charge in [-0.05, 0) is 41.5 Å². The molecule has 0 radical (unpaired) electrons. The van der Waals surface area contributed by atoms with Gasteiger partial charge in [-0.15, -0.1) is 0 Å². The quantitative estimate of drug-likeness (QED) is 0.652. The average Bonchev–Trinajstić information content (AvgIpc) is 2.50. The Bertz CT molecular complexity index is 897. The molecule has 0 bridgehead atoms. The van der Waals surface area contributed by atoms with E-state index >= 15 is 0 Å². The van der Waals surface area contributed by atoms with Crippen molar-refractivity contribution in [3.63, 3.8) is 0 Å². The number of halogens is 1. The Morgan fingerprint density at radius 1 is 1.13 bits per heavy atom. The highest BCUT2D eigenvalue weighted by atomic mass is 35.5. The number of rotatable bonds is 4. The summed E-state index contributed by atoms with van der Waals surface area (Å²) in [5, 5.41) is 28.3. The second-order valence-electron chi connectivity index (χ2n) is 4.75. The second kappa shape index (κ2) is 6.73. The van der Waals surface area contributed by atoms with Gasteiger partial charge >= 0.3 is 0 Å². The standard InChI is InChI=1S/C16H12ClNO4S/c17-13-4-1-11(2-5-13)10-23(21,22)14(9-18)7-12-3-6-15(19)16(20)8-12/h1-8,19-20H,10H2. The smallest absolute Gasteiger partial charge is 0.192 e. The van der Waals surface area contributed by atoms with Crippen molar-refractivity contribution in [1.82, 2.24) is 0 Å². The van der Waals surface area contributed by atoms with Crippen LogP contribution < -0.4 is 0 Å². The molecule has 0 aromatic heterocycles. The Balaban J connectivity index is 2.34. The molecule has 0 atom stereocenters. The van der Waals surface area contributed by atoms with Crippen molar-refractivity contribution in [2.24, 2.45) is 0 Å². The molecule has 2 aromatic carbocycles. The van der Waals surface area contributed by atoms with Crippen molar-refractivity contribution in [2.45, 2.75) is 5.75 Å². The van der Waals surface area contributed by atoms with Gasteiger partial charge in [-0.2, -0.15) is 5.26 Å². The molecule has 7 heteroatoms. The summed E-state index contributed by atoms with van der Waals surface area (Å²) >= 11 is 5.75. The lowest BCUT2D eigenvalue weighted by molar-refractivity contribution is 0.403. The van der Waals surface area contributed by atoms with E-state index in [0.717, 1.165) is 6.08 Å². The SMILES string of the molecule is N#CC(=Cc1ccc(O)c(O)c1)S(=O)(=O)Cc1ccc(Cl)cc1. The normalized spacial score (nSPS) is 11.9. The lowest BCUT2D eigenvalue weighted by Gasteiger charge is -2.04. The highest BCUT2D eigenvalue weighted by molar-refractivity contribution is 7.95. The summed E-state index contributed by atoms with van der Waals surface area (Å²) in [7, 11) is -3.85. The van der Waals surface area contributed by atoms with E-state index in [1.54, 1.807) is 30.3 Å². The van der Waals surface area contributed by atoms with E-state index in [2.05, 4.69) is 0 Å². The summed E-state index contributed by atoms with van der Waals surface area (Å²) in [5.41, 5.74) is 0.792. The molecular formula is C16H12ClNO4S. The maximum absolute atomic E-state index is 12.3. The number of sulfone groups is 1. The molecule has 2 rings (SSSR count). The van der Waals surface area contributed by atoms with E-state index in [1.807, 2.05) is 0 Å². The van der Waals surface area contributed by atoms with Crippen LogP contribution in [0.3, 0.4) is 0 Å². The Kier molecular flexibility index (Phi) is 4.94. The molecule has 0 aliphatic rings. The van der Waals surface area contributed by atoms with Crippen LogP contribution >= 0.6 is 11.6 Å². The fourth-order valence-corrected chi connectivity index (χ4v) is 3.22. The molecule has 0 aliphatic carbocycles. The molecule has 2 N–H and O–H groups in total. The number of hydrogen-bond donors (Lipinski definition) is 2. The lowest BCUT2D eigenvalue weighted by atomic mass is 10.2. The third-order valence-corrected chi connectivity index (χ3v) is 4.86. The molecule has 118 valence electrons. The van der Waals surface area contributed by atoms with Gasteiger partial charge in [-0.1, -0.05) is 29.8 Å². The van der Waals surface area contributed by atoms with Gasteiger partial charge in [-0.3, -0.25) is 0 Å². The Morgan fingerprint density at radius 3 is 2.35 bits per heavy atom. The van der Waals surface area contributed by atoms with Gasteiger partial charge in [0.1, 0.15) is 11.0 Å². The number of nitrogens with zero attached hydrogens (tertiary/aromatic N) is 1. The molecule has 2 aromatic rings. The zero-order valence-corrected chi connectivity index (χ0v) is 13.3. The molecule has 0 fully saturated rings. The van der Waals surface area contributed by atoms with Crippen LogP contribution in [0.1, 0.15) is 11.1 Å². The molecule has 23 heavy (non-hydrogen) atoms. The molecule has 0 aliphatic heterocycles. The highest BCUT2D eigenvalue weighted by Crippen LogP contribution is 2.27. The van der Waals surface area contributed by atoms with E-state index in [0.29, 0.717) is 10.6 Å². The number of benzene rings is 2. The summed E-state index contributed by atoms with van der Waals surface area (Å²) in [6.07, 6.45) is 1.14. The van der Waals surface area contributed by atoms with Gasteiger partial charge in [0.05, 0.1) is 5.75 Å². The van der Waals surface area contributed by atoms with Crippen LogP contribution in [0.15, 0.2) is 47.4 Å². The van der Waals surface area contributed by atoms with Crippen LogP contribution in [-0.4, -0.2) is 18.6 Å². The van der Waals surface area contributed by atoms with Crippen molar-refractivity contribution in [2.75, 3.05) is 0 Å². The number of nitriles is 1. The first-order valence-electron chi connectivity index (χ1n) is 6.43. The molecular weight excluding hydrogens is 338 g/mol. The zero-order chi connectivity index (χ0) is 17.0. The van der Waals surface area contributed by atoms with Gasteiger partial charge < -0.3 is 10.2 Å². The van der Waals surface area contributed by atoms with Gasteiger partial charge in [0, 0.05) is 5.02 Å². The van der Waals surface area contributed by atoms with E-state index in [4.69, 9.17) is 16.9 Å². The summed E-state index contributed by atoms with van der Waals surface area (Å²) in [4.78, 5) is -0.433. The Hall–Kier alpha value is -2.49. The molecule has 0 heterocycles. The maximum Gasteiger partial charge on any atom is 0.192 e. The first-order chi connectivity index (χ1) is 10.8.